The van der Waals surface area contributed by atoms with Crippen LogP contribution in [0.25, 0.3) is 11.3 Å². The maximum absolute atomic E-state index is 12.0. The van der Waals surface area contributed by atoms with Crippen molar-refractivity contribution in [3.63, 3.8) is 0 Å². The Bertz CT molecular complexity index is 789. The van der Waals surface area contributed by atoms with Crippen LogP contribution in [-0.2, 0) is 14.4 Å². The van der Waals surface area contributed by atoms with E-state index in [1.807, 2.05) is 23.6 Å². The van der Waals surface area contributed by atoms with Crippen molar-refractivity contribution in [2.24, 2.45) is 0 Å². The third kappa shape index (κ3) is 3.63. The molecule has 1 fully saturated rings. The van der Waals surface area contributed by atoms with Gasteiger partial charge in [-0.3, -0.25) is 19.3 Å². The number of benzene rings is 1. The summed E-state index contributed by atoms with van der Waals surface area (Å²) < 4.78 is 0. The van der Waals surface area contributed by atoms with Gasteiger partial charge in [-0.1, -0.05) is 29.8 Å². The first-order valence-electron chi connectivity index (χ1n) is 7.38. The molecular formula is C16H14ClN3O3S. The molecule has 8 heteroatoms. The van der Waals surface area contributed by atoms with Crippen molar-refractivity contribution in [1.82, 2.24) is 9.88 Å². The van der Waals surface area contributed by atoms with E-state index in [-0.39, 0.29) is 43.5 Å². The third-order valence-electron chi connectivity index (χ3n) is 3.62. The van der Waals surface area contributed by atoms with Gasteiger partial charge < -0.3 is 5.32 Å². The van der Waals surface area contributed by atoms with Crippen LogP contribution in [0.1, 0.15) is 19.3 Å². The molecule has 0 aliphatic carbocycles. The standard InChI is InChI=1S/C16H14ClN3O3S/c17-11-4-2-1-3-10(11)12-9-24-16(18-12)19-13(21)7-8-20-14(22)5-6-15(20)23/h1-4,9H,5-8H2,(H,18,19,21). The molecule has 0 radical (unpaired) electrons. The number of anilines is 1. The van der Waals surface area contributed by atoms with Crippen molar-refractivity contribution in [1.29, 1.82) is 0 Å². The Morgan fingerprint density at radius 3 is 2.67 bits per heavy atom. The van der Waals surface area contributed by atoms with Crippen molar-refractivity contribution in [2.45, 2.75) is 19.3 Å². The number of carbonyl (C=O) groups is 3. The molecule has 6 nitrogen and oxygen atoms in total. The Balaban J connectivity index is 1.59. The number of halogens is 1. The Kier molecular flexibility index (Phi) is 4.92. The molecule has 3 amide bonds. The lowest BCUT2D eigenvalue weighted by molar-refractivity contribution is -0.138. The van der Waals surface area contributed by atoms with E-state index in [0.29, 0.717) is 15.8 Å². The van der Waals surface area contributed by atoms with Gasteiger partial charge in [-0.15, -0.1) is 11.3 Å². The van der Waals surface area contributed by atoms with Gasteiger partial charge in [-0.05, 0) is 6.07 Å². The van der Waals surface area contributed by atoms with Crippen molar-refractivity contribution in [3.8, 4) is 11.3 Å². The second kappa shape index (κ2) is 7.11. The molecule has 0 bridgehead atoms. The molecule has 3 rings (SSSR count). The number of hydrogen-bond acceptors (Lipinski definition) is 5. The first kappa shape index (κ1) is 16.6. The normalized spacial score (nSPS) is 14.3. The van der Waals surface area contributed by atoms with Gasteiger partial charge >= 0.3 is 0 Å². The molecule has 1 N–H and O–H groups in total. The van der Waals surface area contributed by atoms with E-state index < -0.39 is 0 Å². The summed E-state index contributed by atoms with van der Waals surface area (Å²) in [5.41, 5.74) is 1.48. The molecule has 2 aromatic rings. The minimum absolute atomic E-state index is 0.0541. The fraction of sp³-hybridized carbons (Fsp3) is 0.250. The van der Waals surface area contributed by atoms with E-state index >= 15 is 0 Å². The van der Waals surface area contributed by atoms with Gasteiger partial charge in [-0.25, -0.2) is 4.98 Å². The number of rotatable bonds is 5. The van der Waals surface area contributed by atoms with Gasteiger partial charge in [0.25, 0.3) is 0 Å². The molecule has 24 heavy (non-hydrogen) atoms. The highest BCUT2D eigenvalue weighted by Gasteiger charge is 2.28. The van der Waals surface area contributed by atoms with Crippen molar-refractivity contribution < 1.29 is 14.4 Å². The number of carbonyl (C=O) groups excluding carboxylic acids is 3. The Morgan fingerprint density at radius 1 is 1.25 bits per heavy atom. The SMILES string of the molecule is O=C(CCN1C(=O)CCC1=O)Nc1nc(-c2ccccc2Cl)cs1. The molecule has 1 aromatic heterocycles. The van der Waals surface area contributed by atoms with E-state index in [1.54, 1.807) is 6.07 Å². The zero-order valence-electron chi connectivity index (χ0n) is 12.6. The molecule has 1 saturated heterocycles. The van der Waals surface area contributed by atoms with Gasteiger partial charge in [0.1, 0.15) is 0 Å². The molecule has 0 spiro atoms. The topological polar surface area (TPSA) is 79.4 Å². The molecular weight excluding hydrogens is 350 g/mol. The van der Waals surface area contributed by atoms with Crippen molar-refractivity contribution >= 4 is 45.8 Å². The highest BCUT2D eigenvalue weighted by Crippen LogP contribution is 2.30. The van der Waals surface area contributed by atoms with E-state index in [9.17, 15) is 14.4 Å². The van der Waals surface area contributed by atoms with Gasteiger partial charge in [0, 0.05) is 41.8 Å². The van der Waals surface area contributed by atoms with Crippen molar-refractivity contribution in [2.75, 3.05) is 11.9 Å². The summed E-state index contributed by atoms with van der Waals surface area (Å²) in [4.78, 5) is 40.5. The monoisotopic (exact) mass is 363 g/mol. The van der Waals surface area contributed by atoms with E-state index in [1.165, 1.54) is 11.3 Å². The molecule has 1 aliphatic heterocycles. The molecule has 2 heterocycles. The number of likely N-dealkylation sites (tertiary alicyclic amines) is 1. The number of aromatic nitrogens is 1. The first-order valence-corrected chi connectivity index (χ1v) is 8.64. The number of amides is 3. The van der Waals surface area contributed by atoms with Gasteiger partial charge in [0.2, 0.25) is 17.7 Å². The summed E-state index contributed by atoms with van der Waals surface area (Å²) >= 11 is 7.42. The number of nitrogens with zero attached hydrogens (tertiary/aromatic N) is 2. The molecule has 0 saturated carbocycles. The molecule has 1 aliphatic rings. The summed E-state index contributed by atoms with van der Waals surface area (Å²) in [6.45, 7) is 0.103. The van der Waals surface area contributed by atoms with Gasteiger partial charge in [-0.2, -0.15) is 0 Å². The minimum atomic E-state index is -0.289. The summed E-state index contributed by atoms with van der Waals surface area (Å²) in [7, 11) is 0. The van der Waals surface area contributed by atoms with E-state index in [4.69, 9.17) is 11.6 Å². The fourth-order valence-corrected chi connectivity index (χ4v) is 3.35. The second-order valence-electron chi connectivity index (χ2n) is 5.26. The van der Waals surface area contributed by atoms with E-state index in [0.717, 1.165) is 10.5 Å². The lowest BCUT2D eigenvalue weighted by Crippen LogP contribution is -2.32. The van der Waals surface area contributed by atoms with Crippen molar-refractivity contribution in [3.05, 3.63) is 34.7 Å². The maximum Gasteiger partial charge on any atom is 0.229 e. The summed E-state index contributed by atoms with van der Waals surface area (Å²) in [6.07, 6.45) is 0.515. The quantitative estimate of drug-likeness (QED) is 0.828. The predicted molar refractivity (Wildman–Crippen MR) is 91.8 cm³/mol. The minimum Gasteiger partial charge on any atom is -0.302 e. The number of nitrogens with one attached hydrogen (secondary N) is 1. The van der Waals surface area contributed by atoms with Crippen LogP contribution in [0.15, 0.2) is 29.6 Å². The lowest BCUT2D eigenvalue weighted by atomic mass is 10.2. The molecule has 124 valence electrons. The van der Waals surface area contributed by atoms with Crippen LogP contribution in [0.5, 0.6) is 0 Å². The van der Waals surface area contributed by atoms with Crippen LogP contribution < -0.4 is 5.32 Å². The Hall–Kier alpha value is -2.25. The number of hydrogen-bond donors (Lipinski definition) is 1. The van der Waals surface area contributed by atoms with E-state index in [2.05, 4.69) is 10.3 Å². The zero-order chi connectivity index (χ0) is 17.1. The number of thiazole rings is 1. The highest BCUT2D eigenvalue weighted by molar-refractivity contribution is 7.14. The first-order chi connectivity index (χ1) is 11.5. The van der Waals surface area contributed by atoms with Crippen LogP contribution in [0.4, 0.5) is 5.13 Å². The molecule has 0 unspecified atom stereocenters. The maximum atomic E-state index is 12.0. The van der Waals surface area contributed by atoms with Gasteiger partial charge in [0.05, 0.1) is 5.69 Å². The van der Waals surface area contributed by atoms with Crippen LogP contribution in [-0.4, -0.2) is 34.2 Å². The molecule has 0 atom stereocenters. The molecule has 1 aromatic carbocycles. The van der Waals surface area contributed by atoms with Crippen LogP contribution in [0.3, 0.4) is 0 Å². The Morgan fingerprint density at radius 2 is 1.96 bits per heavy atom. The van der Waals surface area contributed by atoms with Gasteiger partial charge in [0.15, 0.2) is 5.13 Å². The summed E-state index contributed by atoms with van der Waals surface area (Å²) in [6, 6.07) is 7.33. The van der Waals surface area contributed by atoms with Crippen LogP contribution >= 0.6 is 22.9 Å². The third-order valence-corrected chi connectivity index (χ3v) is 4.70. The Labute approximate surface area is 147 Å². The lowest BCUT2D eigenvalue weighted by Gasteiger charge is -2.12. The average molecular weight is 364 g/mol. The smallest absolute Gasteiger partial charge is 0.229 e. The second-order valence-corrected chi connectivity index (χ2v) is 6.52. The predicted octanol–water partition coefficient (Wildman–Crippen LogP) is 2.94. The largest absolute Gasteiger partial charge is 0.302 e. The fourth-order valence-electron chi connectivity index (χ4n) is 2.39. The summed E-state index contributed by atoms with van der Waals surface area (Å²) in [5, 5.41) is 5.53. The average Bonchev–Trinajstić information content (AvgIpc) is 3.13. The highest BCUT2D eigenvalue weighted by atomic mass is 35.5. The van der Waals surface area contributed by atoms with Crippen LogP contribution in [0.2, 0.25) is 5.02 Å². The summed E-state index contributed by atoms with van der Waals surface area (Å²) in [5.74, 6) is -0.728. The number of imide groups is 1. The van der Waals surface area contributed by atoms with Crippen LogP contribution in [0, 0.1) is 0 Å². The zero-order valence-corrected chi connectivity index (χ0v) is 14.2.